The number of ether oxygens (including phenoxy) is 1. The maximum atomic E-state index is 11.4. The molecule has 0 saturated heterocycles. The normalized spacial score (nSPS) is 19.5. The molecule has 0 atom stereocenters. The van der Waals surface area contributed by atoms with Gasteiger partial charge in [-0.1, -0.05) is 25.7 Å². The predicted octanol–water partition coefficient (Wildman–Crippen LogP) is 2.73. The molecular weight excluding hydrogens is 254 g/mol. The van der Waals surface area contributed by atoms with Crippen LogP contribution in [-0.2, 0) is 4.79 Å². The van der Waals surface area contributed by atoms with E-state index < -0.39 is 0 Å². The van der Waals surface area contributed by atoms with E-state index in [2.05, 4.69) is 10.6 Å². The zero-order chi connectivity index (χ0) is 13.9. The largest absolute Gasteiger partial charge is 0.482 e. The number of amides is 1. The van der Waals surface area contributed by atoms with Gasteiger partial charge in [0.2, 0.25) is 0 Å². The SMILES string of the molecule is Nc1cc2c(cc1NC1CCCCCC1)NC(=O)CO2. The summed E-state index contributed by atoms with van der Waals surface area (Å²) in [5.74, 6) is 0.524. The van der Waals surface area contributed by atoms with Crippen molar-refractivity contribution in [1.82, 2.24) is 0 Å². The minimum Gasteiger partial charge on any atom is -0.482 e. The summed E-state index contributed by atoms with van der Waals surface area (Å²) in [5.41, 5.74) is 8.34. The van der Waals surface area contributed by atoms with Crippen molar-refractivity contribution in [1.29, 1.82) is 0 Å². The third-order valence-electron chi connectivity index (χ3n) is 4.00. The minimum atomic E-state index is -0.123. The molecule has 1 saturated carbocycles. The first-order valence-corrected chi connectivity index (χ1v) is 7.35. The van der Waals surface area contributed by atoms with Gasteiger partial charge in [0.1, 0.15) is 5.75 Å². The van der Waals surface area contributed by atoms with Gasteiger partial charge in [0.05, 0.1) is 17.1 Å². The smallest absolute Gasteiger partial charge is 0.262 e. The first-order chi connectivity index (χ1) is 9.72. The second-order valence-electron chi connectivity index (χ2n) is 5.61. The highest BCUT2D eigenvalue weighted by Crippen LogP contribution is 2.36. The highest BCUT2D eigenvalue weighted by atomic mass is 16.5. The lowest BCUT2D eigenvalue weighted by molar-refractivity contribution is -0.118. The van der Waals surface area contributed by atoms with Crippen molar-refractivity contribution >= 4 is 23.0 Å². The van der Waals surface area contributed by atoms with E-state index in [1.54, 1.807) is 6.07 Å². The molecule has 0 aromatic heterocycles. The minimum absolute atomic E-state index is 0.0574. The quantitative estimate of drug-likeness (QED) is 0.573. The Kier molecular flexibility index (Phi) is 3.67. The Morgan fingerprint density at radius 3 is 2.70 bits per heavy atom. The number of nitrogens with one attached hydrogen (secondary N) is 2. The summed E-state index contributed by atoms with van der Waals surface area (Å²) in [5, 5.41) is 6.34. The van der Waals surface area contributed by atoms with Gasteiger partial charge in [-0.05, 0) is 18.9 Å². The maximum absolute atomic E-state index is 11.4. The molecule has 0 bridgehead atoms. The molecule has 1 amide bonds. The molecule has 5 heteroatoms. The predicted molar refractivity (Wildman–Crippen MR) is 80.1 cm³/mol. The van der Waals surface area contributed by atoms with Crippen molar-refractivity contribution in [2.45, 2.75) is 44.6 Å². The van der Waals surface area contributed by atoms with E-state index in [0.29, 0.717) is 23.2 Å². The Balaban J connectivity index is 1.78. The van der Waals surface area contributed by atoms with Gasteiger partial charge in [0, 0.05) is 12.1 Å². The van der Waals surface area contributed by atoms with E-state index in [1.165, 1.54) is 38.5 Å². The van der Waals surface area contributed by atoms with Crippen molar-refractivity contribution in [3.05, 3.63) is 12.1 Å². The lowest BCUT2D eigenvalue weighted by Gasteiger charge is -2.23. The second kappa shape index (κ2) is 5.61. The molecule has 1 aromatic carbocycles. The topological polar surface area (TPSA) is 76.4 Å². The molecule has 1 fully saturated rings. The summed E-state index contributed by atoms with van der Waals surface area (Å²) >= 11 is 0. The van der Waals surface area contributed by atoms with Crippen LogP contribution in [-0.4, -0.2) is 18.6 Å². The van der Waals surface area contributed by atoms with E-state index in [4.69, 9.17) is 10.5 Å². The van der Waals surface area contributed by atoms with E-state index in [1.807, 2.05) is 6.07 Å². The first-order valence-electron chi connectivity index (χ1n) is 7.35. The van der Waals surface area contributed by atoms with Crippen LogP contribution in [0.5, 0.6) is 5.75 Å². The number of fused-ring (bicyclic) bond motifs is 1. The standard InChI is InChI=1S/C15H21N3O2/c16-11-7-14-13(18-15(19)9-20-14)8-12(11)17-10-5-3-1-2-4-6-10/h7-8,10,17H,1-6,9,16H2,(H,18,19). The summed E-state index contributed by atoms with van der Waals surface area (Å²) < 4.78 is 5.36. The van der Waals surface area contributed by atoms with Crippen LogP contribution in [0.4, 0.5) is 17.1 Å². The number of hydrogen-bond donors (Lipinski definition) is 3. The number of carbonyl (C=O) groups excluding carboxylic acids is 1. The van der Waals surface area contributed by atoms with E-state index in [-0.39, 0.29) is 12.5 Å². The van der Waals surface area contributed by atoms with E-state index in [9.17, 15) is 4.79 Å². The summed E-state index contributed by atoms with van der Waals surface area (Å²) in [4.78, 5) is 11.4. The van der Waals surface area contributed by atoms with Crippen molar-refractivity contribution in [2.24, 2.45) is 0 Å². The van der Waals surface area contributed by atoms with Crippen LogP contribution in [0.15, 0.2) is 12.1 Å². The molecule has 0 radical (unpaired) electrons. The molecular formula is C15H21N3O2. The number of nitrogen functional groups attached to an aromatic ring is 1. The molecule has 0 unspecified atom stereocenters. The van der Waals surface area contributed by atoms with Gasteiger partial charge in [-0.25, -0.2) is 0 Å². The number of benzene rings is 1. The molecule has 2 aliphatic rings. The number of hydrogen-bond acceptors (Lipinski definition) is 4. The van der Waals surface area contributed by atoms with Crippen molar-refractivity contribution < 1.29 is 9.53 Å². The number of anilines is 3. The molecule has 1 aliphatic heterocycles. The van der Waals surface area contributed by atoms with Crippen molar-refractivity contribution in [2.75, 3.05) is 23.0 Å². The van der Waals surface area contributed by atoms with Crippen molar-refractivity contribution in [3.63, 3.8) is 0 Å². The molecule has 5 nitrogen and oxygen atoms in total. The van der Waals surface area contributed by atoms with Gasteiger partial charge in [-0.2, -0.15) is 0 Å². The van der Waals surface area contributed by atoms with E-state index >= 15 is 0 Å². The van der Waals surface area contributed by atoms with Gasteiger partial charge in [-0.3, -0.25) is 4.79 Å². The fourth-order valence-corrected chi connectivity index (χ4v) is 2.91. The Labute approximate surface area is 118 Å². The van der Waals surface area contributed by atoms with Crippen LogP contribution in [0.25, 0.3) is 0 Å². The van der Waals surface area contributed by atoms with Gasteiger partial charge in [0.25, 0.3) is 5.91 Å². The summed E-state index contributed by atoms with van der Waals surface area (Å²) in [7, 11) is 0. The molecule has 108 valence electrons. The number of rotatable bonds is 2. The highest BCUT2D eigenvalue weighted by molar-refractivity contribution is 5.97. The molecule has 1 heterocycles. The second-order valence-corrected chi connectivity index (χ2v) is 5.61. The van der Waals surface area contributed by atoms with E-state index in [0.717, 1.165) is 5.69 Å². The average molecular weight is 275 g/mol. The molecule has 1 aromatic rings. The van der Waals surface area contributed by atoms with Crippen LogP contribution in [0, 0.1) is 0 Å². The third-order valence-corrected chi connectivity index (χ3v) is 4.00. The van der Waals surface area contributed by atoms with Crippen LogP contribution in [0.3, 0.4) is 0 Å². The van der Waals surface area contributed by atoms with Crippen LogP contribution in [0.1, 0.15) is 38.5 Å². The van der Waals surface area contributed by atoms with Crippen LogP contribution >= 0.6 is 0 Å². The van der Waals surface area contributed by atoms with Crippen molar-refractivity contribution in [3.8, 4) is 5.75 Å². The Hall–Kier alpha value is -1.91. The summed E-state index contributed by atoms with van der Waals surface area (Å²) in [6, 6.07) is 4.14. The fourth-order valence-electron chi connectivity index (χ4n) is 2.91. The average Bonchev–Trinajstić information content (AvgIpc) is 2.69. The molecule has 20 heavy (non-hydrogen) atoms. The zero-order valence-corrected chi connectivity index (χ0v) is 11.6. The Bertz CT molecular complexity index is 508. The lowest BCUT2D eigenvalue weighted by atomic mass is 10.1. The van der Waals surface area contributed by atoms with Gasteiger partial charge >= 0.3 is 0 Å². The number of carbonyl (C=O) groups is 1. The maximum Gasteiger partial charge on any atom is 0.262 e. The first kappa shape index (κ1) is 13.1. The fraction of sp³-hybridized carbons (Fsp3) is 0.533. The van der Waals surface area contributed by atoms with Gasteiger partial charge in [-0.15, -0.1) is 0 Å². The van der Waals surface area contributed by atoms with Gasteiger partial charge in [0.15, 0.2) is 6.61 Å². The van der Waals surface area contributed by atoms with Gasteiger partial charge < -0.3 is 21.1 Å². The van der Waals surface area contributed by atoms with Crippen LogP contribution < -0.4 is 21.1 Å². The van der Waals surface area contributed by atoms with Crippen LogP contribution in [0.2, 0.25) is 0 Å². The molecule has 4 N–H and O–H groups in total. The summed E-state index contributed by atoms with van der Waals surface area (Å²) in [6.45, 7) is 0.0574. The number of nitrogens with two attached hydrogens (primary N) is 1. The third kappa shape index (κ3) is 2.81. The highest BCUT2D eigenvalue weighted by Gasteiger charge is 2.19. The molecule has 3 rings (SSSR count). The lowest BCUT2D eigenvalue weighted by Crippen LogP contribution is -2.26. The molecule has 1 aliphatic carbocycles. The zero-order valence-electron chi connectivity index (χ0n) is 11.6. The summed E-state index contributed by atoms with van der Waals surface area (Å²) in [6.07, 6.45) is 7.53. The monoisotopic (exact) mass is 275 g/mol. The molecule has 0 spiro atoms. The Morgan fingerprint density at radius 2 is 1.95 bits per heavy atom. The Morgan fingerprint density at radius 1 is 1.20 bits per heavy atom.